The Bertz CT molecular complexity index is 633. The van der Waals surface area contributed by atoms with Gasteiger partial charge in [0.05, 0.1) is 6.10 Å². The predicted molar refractivity (Wildman–Crippen MR) is 115 cm³/mol. The molecule has 0 aromatic heterocycles. The molecule has 1 aromatic rings. The highest BCUT2D eigenvalue weighted by Crippen LogP contribution is 2.20. The molecule has 1 aliphatic rings. The highest BCUT2D eigenvalue weighted by atomic mass is 35.5. The molecular weight excluding hydrogens is 382 g/mol. The maximum absolute atomic E-state index is 11.6. The number of hydrogen-bond donors (Lipinski definition) is 1. The van der Waals surface area contributed by atoms with Gasteiger partial charge in [0, 0.05) is 49.9 Å². The van der Waals surface area contributed by atoms with Gasteiger partial charge in [-0.1, -0.05) is 17.7 Å². The molecule has 0 saturated carbocycles. The van der Waals surface area contributed by atoms with Gasteiger partial charge in [0.2, 0.25) is 5.91 Å². The number of halogens is 1. The normalized spacial score (nSPS) is 15.1. The van der Waals surface area contributed by atoms with E-state index in [-0.39, 0.29) is 12.0 Å². The van der Waals surface area contributed by atoms with Crippen LogP contribution in [0.15, 0.2) is 24.3 Å². The maximum Gasteiger partial charge on any atom is 0.219 e. The number of anilines is 1. The lowest BCUT2D eigenvalue weighted by Gasteiger charge is -2.39. The minimum Gasteiger partial charge on any atom is -0.379 e. The van der Waals surface area contributed by atoms with Crippen molar-refractivity contribution in [3.63, 3.8) is 0 Å². The average Bonchev–Trinajstić information content (AvgIpc) is 2.61. The summed E-state index contributed by atoms with van der Waals surface area (Å²) in [5.41, 5.74) is 0.886. The Morgan fingerprint density at radius 3 is 2.70 bits per heavy atom. The van der Waals surface area contributed by atoms with E-state index < -0.39 is 0 Å². The van der Waals surface area contributed by atoms with Crippen molar-refractivity contribution in [3.05, 3.63) is 29.3 Å². The number of amides is 1. The summed E-state index contributed by atoms with van der Waals surface area (Å²) in [7, 11) is 0. The van der Waals surface area contributed by atoms with Gasteiger partial charge in [-0.3, -0.25) is 4.79 Å². The van der Waals surface area contributed by atoms with E-state index in [1.165, 1.54) is 0 Å². The molecule has 1 fully saturated rings. The third-order valence-corrected chi connectivity index (χ3v) is 5.25. The maximum atomic E-state index is 11.6. The van der Waals surface area contributed by atoms with Crippen LogP contribution in [0.25, 0.3) is 0 Å². The largest absolute Gasteiger partial charge is 0.379 e. The summed E-state index contributed by atoms with van der Waals surface area (Å²) >= 11 is 11.8. The molecule has 150 valence electrons. The topological polar surface area (TPSA) is 44.8 Å². The molecule has 1 amide bonds. The van der Waals surface area contributed by atoms with Crippen molar-refractivity contribution in [2.24, 2.45) is 0 Å². The van der Waals surface area contributed by atoms with E-state index in [1.54, 1.807) is 6.92 Å². The lowest BCUT2D eigenvalue weighted by atomic mass is 10.0. The van der Waals surface area contributed by atoms with Gasteiger partial charge in [0.25, 0.3) is 0 Å². The van der Waals surface area contributed by atoms with Crippen molar-refractivity contribution in [2.45, 2.75) is 52.2 Å². The summed E-state index contributed by atoms with van der Waals surface area (Å²) in [6.07, 6.45) is 2.97. The summed E-state index contributed by atoms with van der Waals surface area (Å²) in [4.78, 5) is 15.8. The van der Waals surface area contributed by atoms with Gasteiger partial charge >= 0.3 is 0 Å². The van der Waals surface area contributed by atoms with Crippen LogP contribution in [0.3, 0.4) is 0 Å². The molecule has 1 saturated heterocycles. The third-order valence-electron chi connectivity index (χ3n) is 4.68. The number of thiocarbonyl (C=S) groups is 1. The molecule has 0 unspecified atom stereocenters. The van der Waals surface area contributed by atoms with Gasteiger partial charge in [0.1, 0.15) is 0 Å². The molecule has 1 heterocycles. The Labute approximate surface area is 173 Å². The van der Waals surface area contributed by atoms with Crippen LogP contribution < -0.4 is 5.32 Å². The number of rotatable bonds is 7. The second-order valence-corrected chi connectivity index (χ2v) is 7.97. The molecule has 7 heteroatoms. The van der Waals surface area contributed by atoms with Crippen LogP contribution in [0.2, 0.25) is 5.02 Å². The van der Waals surface area contributed by atoms with Gasteiger partial charge in [-0.2, -0.15) is 0 Å². The number of likely N-dealkylation sites (tertiary alicyclic amines) is 1. The zero-order chi connectivity index (χ0) is 19.8. The Morgan fingerprint density at radius 2 is 2.11 bits per heavy atom. The van der Waals surface area contributed by atoms with Crippen LogP contribution in [0.5, 0.6) is 0 Å². The fourth-order valence-corrected chi connectivity index (χ4v) is 3.81. The van der Waals surface area contributed by atoms with E-state index in [0.29, 0.717) is 22.8 Å². The number of hydrogen-bond acceptors (Lipinski definition) is 3. The first-order valence-corrected chi connectivity index (χ1v) is 10.4. The van der Waals surface area contributed by atoms with Crippen LogP contribution >= 0.6 is 23.8 Å². The molecule has 0 aliphatic carbocycles. The zero-order valence-corrected chi connectivity index (χ0v) is 18.0. The number of carbonyl (C=O) groups is 1. The van der Waals surface area contributed by atoms with Crippen molar-refractivity contribution in [1.29, 1.82) is 0 Å². The summed E-state index contributed by atoms with van der Waals surface area (Å²) in [6, 6.07) is 7.88. The second kappa shape index (κ2) is 10.8. The van der Waals surface area contributed by atoms with E-state index in [4.69, 9.17) is 28.6 Å². The third kappa shape index (κ3) is 7.28. The molecule has 27 heavy (non-hydrogen) atoms. The molecule has 1 aliphatic heterocycles. The predicted octanol–water partition coefficient (Wildman–Crippen LogP) is 4.16. The van der Waals surface area contributed by atoms with Crippen LogP contribution in [-0.2, 0) is 9.53 Å². The minimum absolute atomic E-state index is 0.143. The monoisotopic (exact) mass is 411 g/mol. The number of benzene rings is 1. The van der Waals surface area contributed by atoms with Crippen molar-refractivity contribution in [3.8, 4) is 0 Å². The molecule has 2 rings (SSSR count). The fourth-order valence-electron chi connectivity index (χ4n) is 3.26. The average molecular weight is 412 g/mol. The van der Waals surface area contributed by atoms with Crippen molar-refractivity contribution < 1.29 is 9.53 Å². The first kappa shape index (κ1) is 21.9. The zero-order valence-electron chi connectivity index (χ0n) is 16.4. The molecular formula is C20H30ClN3O2S. The molecule has 1 aromatic carbocycles. The lowest BCUT2D eigenvalue weighted by Crippen LogP contribution is -2.50. The van der Waals surface area contributed by atoms with Crippen LogP contribution in [-0.4, -0.2) is 59.2 Å². The van der Waals surface area contributed by atoms with Crippen molar-refractivity contribution in [1.82, 2.24) is 9.80 Å². The highest BCUT2D eigenvalue weighted by Gasteiger charge is 2.27. The van der Waals surface area contributed by atoms with Crippen LogP contribution in [0, 0.1) is 0 Å². The Kier molecular flexibility index (Phi) is 8.80. The summed E-state index contributed by atoms with van der Waals surface area (Å²) < 4.78 is 5.68. The van der Waals surface area contributed by atoms with E-state index in [9.17, 15) is 4.79 Å². The number of nitrogens with zero attached hydrogens (tertiary/aromatic N) is 2. The molecule has 0 bridgehead atoms. The number of piperidine rings is 1. The van der Waals surface area contributed by atoms with Gasteiger partial charge in [-0.15, -0.1) is 0 Å². The molecule has 0 spiro atoms. The quantitative estimate of drug-likeness (QED) is 0.539. The van der Waals surface area contributed by atoms with E-state index in [2.05, 4.69) is 10.2 Å². The first-order valence-electron chi connectivity index (χ1n) is 9.57. The van der Waals surface area contributed by atoms with E-state index >= 15 is 0 Å². The summed E-state index contributed by atoms with van der Waals surface area (Å²) in [6.45, 7) is 8.80. The van der Waals surface area contributed by atoms with Crippen LogP contribution in [0.4, 0.5) is 5.69 Å². The summed E-state index contributed by atoms with van der Waals surface area (Å²) in [5, 5.41) is 4.69. The second-order valence-electron chi connectivity index (χ2n) is 7.14. The van der Waals surface area contributed by atoms with Gasteiger partial charge in [0.15, 0.2) is 5.11 Å². The number of nitrogens with one attached hydrogen (secondary N) is 1. The molecule has 1 N–H and O–H groups in total. The smallest absolute Gasteiger partial charge is 0.219 e. The molecule has 0 atom stereocenters. The first-order chi connectivity index (χ1) is 12.9. The minimum atomic E-state index is 0.143. The van der Waals surface area contributed by atoms with Crippen molar-refractivity contribution in [2.75, 3.05) is 31.6 Å². The van der Waals surface area contributed by atoms with Gasteiger partial charge in [-0.25, -0.2) is 0 Å². The molecule has 5 nitrogen and oxygen atoms in total. The Hall–Kier alpha value is -1.37. The van der Waals surface area contributed by atoms with E-state index in [1.807, 2.05) is 43.0 Å². The summed E-state index contributed by atoms with van der Waals surface area (Å²) in [5.74, 6) is 0.143. The van der Waals surface area contributed by atoms with E-state index in [0.717, 1.165) is 44.6 Å². The number of ether oxygens (including phenoxy) is 1. The SMILES string of the molecule is CC(=O)N1CCC(N(CCCOC(C)C)C(=S)Nc2cccc(Cl)c2)CC1. The van der Waals surface area contributed by atoms with Gasteiger partial charge < -0.3 is 19.9 Å². The Balaban J connectivity index is 2.00. The Morgan fingerprint density at radius 1 is 1.41 bits per heavy atom. The standard InChI is InChI=1S/C20H30ClN3O2S/c1-15(2)26-13-5-10-24(19-8-11-23(12-9-19)16(3)25)20(27)22-18-7-4-6-17(21)14-18/h4,6-7,14-15,19H,5,8-13H2,1-3H3,(H,22,27). The van der Waals surface area contributed by atoms with Crippen molar-refractivity contribution >= 4 is 40.5 Å². The lowest BCUT2D eigenvalue weighted by molar-refractivity contribution is -0.130. The highest BCUT2D eigenvalue weighted by molar-refractivity contribution is 7.80. The number of carbonyl (C=O) groups excluding carboxylic acids is 1. The van der Waals surface area contributed by atoms with Gasteiger partial charge in [-0.05, 0) is 63.5 Å². The molecule has 0 radical (unpaired) electrons. The van der Waals surface area contributed by atoms with Crippen LogP contribution in [0.1, 0.15) is 40.0 Å². The fraction of sp³-hybridized carbons (Fsp3) is 0.600.